The molecule has 100 valence electrons. The van der Waals surface area contributed by atoms with E-state index < -0.39 is 17.7 Å². The number of anilines is 1. The topological polar surface area (TPSA) is 35.5 Å². The molecule has 2 N–H and O–H groups in total. The zero-order valence-electron chi connectivity index (χ0n) is 10.2. The molecule has 5 heteroatoms. The van der Waals surface area contributed by atoms with Crippen LogP contribution in [-0.2, 0) is 0 Å². The number of likely N-dealkylation sites (tertiary alicyclic amines) is 1. The Morgan fingerprint density at radius 3 is 2.61 bits per heavy atom. The second-order valence-corrected chi connectivity index (χ2v) is 4.67. The van der Waals surface area contributed by atoms with E-state index in [-0.39, 0.29) is 0 Å². The molecular formula is C13H18F2N2O. The van der Waals surface area contributed by atoms with Crippen LogP contribution in [0.5, 0.6) is 0 Å². The Balaban J connectivity index is 1.77. The van der Waals surface area contributed by atoms with E-state index in [1.54, 1.807) is 0 Å². The van der Waals surface area contributed by atoms with Crippen LogP contribution in [0.4, 0.5) is 14.5 Å². The summed E-state index contributed by atoms with van der Waals surface area (Å²) in [6.45, 7) is 3.02. The number of halogens is 2. The summed E-state index contributed by atoms with van der Waals surface area (Å²) >= 11 is 0. The Morgan fingerprint density at radius 2 is 1.94 bits per heavy atom. The van der Waals surface area contributed by atoms with Crippen LogP contribution in [0, 0.1) is 11.6 Å². The Bertz CT molecular complexity index is 395. The number of aliphatic hydroxyl groups is 1. The van der Waals surface area contributed by atoms with Gasteiger partial charge in [-0.15, -0.1) is 0 Å². The Morgan fingerprint density at radius 1 is 1.22 bits per heavy atom. The molecule has 0 radical (unpaired) electrons. The van der Waals surface area contributed by atoms with Crippen molar-refractivity contribution < 1.29 is 13.9 Å². The van der Waals surface area contributed by atoms with Crippen molar-refractivity contribution in [2.24, 2.45) is 0 Å². The minimum atomic E-state index is -0.881. The molecule has 1 aliphatic rings. The van der Waals surface area contributed by atoms with Gasteiger partial charge in [0, 0.05) is 24.8 Å². The van der Waals surface area contributed by atoms with Crippen LogP contribution in [0.15, 0.2) is 18.2 Å². The van der Waals surface area contributed by atoms with Crippen molar-refractivity contribution in [2.75, 3.05) is 31.5 Å². The van der Waals surface area contributed by atoms with Crippen LogP contribution in [0.3, 0.4) is 0 Å². The highest BCUT2D eigenvalue weighted by molar-refractivity contribution is 5.43. The first kappa shape index (κ1) is 13.2. The predicted octanol–water partition coefficient (Wildman–Crippen LogP) is 1.83. The summed E-state index contributed by atoms with van der Waals surface area (Å²) in [7, 11) is 0. The van der Waals surface area contributed by atoms with Gasteiger partial charge in [0.05, 0.1) is 6.10 Å². The van der Waals surface area contributed by atoms with E-state index in [9.17, 15) is 13.9 Å². The molecule has 0 saturated carbocycles. The van der Waals surface area contributed by atoms with Crippen molar-refractivity contribution in [3.05, 3.63) is 29.8 Å². The molecule has 1 aliphatic heterocycles. The molecule has 1 aromatic carbocycles. The van der Waals surface area contributed by atoms with Gasteiger partial charge in [-0.05, 0) is 38.1 Å². The number of benzene rings is 1. The zero-order chi connectivity index (χ0) is 13.0. The number of hydrogen-bond donors (Lipinski definition) is 2. The lowest BCUT2D eigenvalue weighted by molar-refractivity contribution is 0.135. The van der Waals surface area contributed by atoms with Gasteiger partial charge in [0.15, 0.2) is 11.6 Å². The molecule has 18 heavy (non-hydrogen) atoms. The molecule has 2 rings (SSSR count). The average Bonchev–Trinajstić information content (AvgIpc) is 2.83. The van der Waals surface area contributed by atoms with Gasteiger partial charge in [0.2, 0.25) is 0 Å². The maximum absolute atomic E-state index is 12.9. The van der Waals surface area contributed by atoms with Crippen molar-refractivity contribution >= 4 is 5.69 Å². The molecule has 0 aromatic heterocycles. The average molecular weight is 256 g/mol. The van der Waals surface area contributed by atoms with Gasteiger partial charge < -0.3 is 15.3 Å². The van der Waals surface area contributed by atoms with Crippen LogP contribution in [-0.4, -0.2) is 42.3 Å². The van der Waals surface area contributed by atoms with Gasteiger partial charge >= 0.3 is 0 Å². The third kappa shape index (κ3) is 3.65. The summed E-state index contributed by atoms with van der Waals surface area (Å²) in [4.78, 5) is 2.21. The normalized spacial score (nSPS) is 17.9. The van der Waals surface area contributed by atoms with Crippen molar-refractivity contribution in [1.82, 2.24) is 4.90 Å². The minimum Gasteiger partial charge on any atom is -0.390 e. The summed E-state index contributed by atoms with van der Waals surface area (Å²) < 4.78 is 25.7. The summed E-state index contributed by atoms with van der Waals surface area (Å²) in [6, 6.07) is 3.63. The number of nitrogens with one attached hydrogen (secondary N) is 1. The molecule has 1 saturated heterocycles. The van der Waals surface area contributed by atoms with Crippen molar-refractivity contribution in [1.29, 1.82) is 0 Å². The summed E-state index contributed by atoms with van der Waals surface area (Å²) in [5.74, 6) is -1.74. The lowest BCUT2D eigenvalue weighted by atomic mass is 10.2. The number of aliphatic hydroxyl groups excluding tert-OH is 1. The van der Waals surface area contributed by atoms with Gasteiger partial charge in [0.1, 0.15) is 0 Å². The molecule has 3 nitrogen and oxygen atoms in total. The van der Waals surface area contributed by atoms with Crippen LogP contribution >= 0.6 is 0 Å². The maximum Gasteiger partial charge on any atom is 0.160 e. The van der Waals surface area contributed by atoms with Crippen LogP contribution in [0.25, 0.3) is 0 Å². The lowest BCUT2D eigenvalue weighted by Crippen LogP contribution is -2.34. The number of hydrogen-bond acceptors (Lipinski definition) is 3. The van der Waals surface area contributed by atoms with Crippen LogP contribution in [0.1, 0.15) is 12.8 Å². The second kappa shape index (κ2) is 6.11. The van der Waals surface area contributed by atoms with E-state index in [0.717, 1.165) is 25.2 Å². The van der Waals surface area contributed by atoms with Gasteiger partial charge in [-0.3, -0.25) is 0 Å². The Kier molecular flexibility index (Phi) is 4.49. The molecule has 1 aromatic rings. The number of rotatable bonds is 5. The lowest BCUT2D eigenvalue weighted by Gasteiger charge is -2.20. The van der Waals surface area contributed by atoms with E-state index in [4.69, 9.17) is 0 Å². The standard InChI is InChI=1S/C13H18F2N2O/c14-12-4-3-10(7-13(12)15)16-8-11(18)9-17-5-1-2-6-17/h3-4,7,11,16,18H,1-2,5-6,8-9H2. The van der Waals surface area contributed by atoms with Crippen LogP contribution in [0.2, 0.25) is 0 Å². The zero-order valence-corrected chi connectivity index (χ0v) is 10.2. The monoisotopic (exact) mass is 256 g/mol. The molecule has 1 fully saturated rings. The van der Waals surface area contributed by atoms with Crippen molar-refractivity contribution in [2.45, 2.75) is 18.9 Å². The number of nitrogens with zero attached hydrogens (tertiary/aromatic N) is 1. The highest BCUT2D eigenvalue weighted by atomic mass is 19.2. The molecule has 0 spiro atoms. The fraction of sp³-hybridized carbons (Fsp3) is 0.538. The third-order valence-corrected chi connectivity index (χ3v) is 3.13. The molecule has 1 heterocycles. The fourth-order valence-electron chi connectivity index (χ4n) is 2.17. The molecule has 1 unspecified atom stereocenters. The number of β-amino-alcohol motifs (C(OH)–C–C–N with tert-alkyl or cyclic N) is 1. The highest BCUT2D eigenvalue weighted by Gasteiger charge is 2.15. The predicted molar refractivity (Wildman–Crippen MR) is 66.5 cm³/mol. The molecule has 0 amide bonds. The first-order valence-corrected chi connectivity index (χ1v) is 6.24. The summed E-state index contributed by atoms with van der Waals surface area (Å²) in [6.07, 6.45) is 1.86. The van der Waals surface area contributed by atoms with E-state index >= 15 is 0 Å². The van der Waals surface area contributed by atoms with Crippen LogP contribution < -0.4 is 5.32 Å². The quantitative estimate of drug-likeness (QED) is 0.843. The van der Waals surface area contributed by atoms with Gasteiger partial charge in [-0.25, -0.2) is 8.78 Å². The van der Waals surface area contributed by atoms with E-state index in [1.807, 2.05) is 0 Å². The van der Waals surface area contributed by atoms with Gasteiger partial charge in [-0.1, -0.05) is 0 Å². The fourth-order valence-corrected chi connectivity index (χ4v) is 2.17. The second-order valence-electron chi connectivity index (χ2n) is 4.67. The Labute approximate surface area is 105 Å². The van der Waals surface area contributed by atoms with Crippen molar-refractivity contribution in [3.8, 4) is 0 Å². The SMILES string of the molecule is OC(CNc1ccc(F)c(F)c1)CN1CCCC1. The van der Waals surface area contributed by atoms with Gasteiger partial charge in [0.25, 0.3) is 0 Å². The highest BCUT2D eigenvalue weighted by Crippen LogP contribution is 2.13. The maximum atomic E-state index is 12.9. The molecular weight excluding hydrogens is 238 g/mol. The largest absolute Gasteiger partial charge is 0.390 e. The van der Waals surface area contributed by atoms with E-state index in [2.05, 4.69) is 10.2 Å². The van der Waals surface area contributed by atoms with E-state index in [0.29, 0.717) is 18.8 Å². The smallest absolute Gasteiger partial charge is 0.160 e. The van der Waals surface area contributed by atoms with Crippen molar-refractivity contribution in [3.63, 3.8) is 0 Å². The van der Waals surface area contributed by atoms with E-state index in [1.165, 1.54) is 18.9 Å². The summed E-state index contributed by atoms with van der Waals surface area (Å²) in [5, 5.41) is 12.7. The molecule has 0 aliphatic carbocycles. The first-order valence-electron chi connectivity index (χ1n) is 6.24. The van der Waals surface area contributed by atoms with Gasteiger partial charge in [-0.2, -0.15) is 0 Å². The molecule has 1 atom stereocenters. The first-order chi connectivity index (χ1) is 8.65. The summed E-state index contributed by atoms with van der Waals surface area (Å²) in [5.41, 5.74) is 0.481. The molecule has 0 bridgehead atoms. The Hall–Kier alpha value is -1.20. The minimum absolute atomic E-state index is 0.335. The third-order valence-electron chi connectivity index (χ3n) is 3.13.